The summed E-state index contributed by atoms with van der Waals surface area (Å²) in [6.45, 7) is 0.360. The zero-order chi connectivity index (χ0) is 20.4. The van der Waals surface area contributed by atoms with Crippen molar-refractivity contribution in [2.45, 2.75) is 31.3 Å². The van der Waals surface area contributed by atoms with E-state index in [1.54, 1.807) is 24.3 Å². The van der Waals surface area contributed by atoms with Gasteiger partial charge in [0.1, 0.15) is 5.60 Å². The lowest BCUT2D eigenvalue weighted by Gasteiger charge is -2.29. The molecule has 2 aromatic carbocycles. The van der Waals surface area contributed by atoms with E-state index in [0.29, 0.717) is 17.5 Å². The number of hydrogen-bond acceptors (Lipinski definition) is 4. The predicted octanol–water partition coefficient (Wildman–Crippen LogP) is 2.48. The van der Waals surface area contributed by atoms with Crippen LogP contribution >= 0.6 is 0 Å². The molecule has 1 unspecified atom stereocenters. The molecule has 0 spiro atoms. The van der Waals surface area contributed by atoms with Crippen molar-refractivity contribution in [1.29, 1.82) is 0 Å². The molecular weight excluding hydrogens is 368 g/mol. The van der Waals surface area contributed by atoms with E-state index >= 15 is 0 Å². The van der Waals surface area contributed by atoms with Gasteiger partial charge in [-0.25, -0.2) is 0 Å². The van der Waals surface area contributed by atoms with Gasteiger partial charge in [-0.3, -0.25) is 19.3 Å². The highest BCUT2D eigenvalue weighted by Crippen LogP contribution is 2.45. The van der Waals surface area contributed by atoms with Gasteiger partial charge in [-0.05, 0) is 42.9 Å². The van der Waals surface area contributed by atoms with Crippen LogP contribution in [0.1, 0.15) is 52.0 Å². The van der Waals surface area contributed by atoms with Crippen LogP contribution in [0.4, 0.5) is 0 Å². The van der Waals surface area contributed by atoms with Gasteiger partial charge in [-0.2, -0.15) is 0 Å². The molecule has 0 bridgehead atoms. The number of carbonyl (C=O) groups excluding carboxylic acids is 3. The van der Waals surface area contributed by atoms with Crippen LogP contribution in [0, 0.1) is 5.92 Å². The van der Waals surface area contributed by atoms with Gasteiger partial charge in [0.25, 0.3) is 11.8 Å². The lowest BCUT2D eigenvalue weighted by molar-refractivity contribution is -0.122. The number of nitrogens with one attached hydrogen (secondary N) is 1. The molecule has 3 amide bonds. The molecular formula is C23H24N2O4. The number of benzene rings is 2. The number of amides is 3. The number of imide groups is 1. The van der Waals surface area contributed by atoms with Crippen LogP contribution in [-0.2, 0) is 10.4 Å². The minimum atomic E-state index is -1.06. The summed E-state index contributed by atoms with van der Waals surface area (Å²) in [6.07, 6.45) is 2.45. The summed E-state index contributed by atoms with van der Waals surface area (Å²) in [7, 11) is 0. The van der Waals surface area contributed by atoms with E-state index in [4.69, 9.17) is 0 Å². The second-order valence-corrected chi connectivity index (χ2v) is 7.75. The van der Waals surface area contributed by atoms with Crippen molar-refractivity contribution in [2.75, 3.05) is 13.1 Å². The summed E-state index contributed by atoms with van der Waals surface area (Å²) in [6, 6.07) is 16.2. The van der Waals surface area contributed by atoms with Crippen LogP contribution < -0.4 is 5.32 Å². The van der Waals surface area contributed by atoms with Gasteiger partial charge in [0.2, 0.25) is 5.91 Å². The second-order valence-electron chi connectivity index (χ2n) is 7.75. The molecule has 6 nitrogen and oxygen atoms in total. The molecule has 29 heavy (non-hydrogen) atoms. The highest BCUT2D eigenvalue weighted by molar-refractivity contribution is 6.21. The molecule has 1 saturated carbocycles. The Kier molecular flexibility index (Phi) is 5.20. The van der Waals surface area contributed by atoms with E-state index in [2.05, 4.69) is 5.32 Å². The molecule has 0 saturated heterocycles. The fourth-order valence-electron chi connectivity index (χ4n) is 3.93. The zero-order valence-corrected chi connectivity index (χ0v) is 16.1. The Labute approximate surface area is 169 Å². The summed E-state index contributed by atoms with van der Waals surface area (Å²) in [5.74, 6) is -0.656. The minimum Gasteiger partial charge on any atom is -0.383 e. The first-order valence-corrected chi connectivity index (χ1v) is 10.0. The lowest BCUT2D eigenvalue weighted by Crippen LogP contribution is -2.42. The molecule has 2 N–H and O–H groups in total. The Morgan fingerprint density at radius 2 is 1.59 bits per heavy atom. The molecule has 1 heterocycles. The second kappa shape index (κ2) is 7.79. The highest BCUT2D eigenvalue weighted by atomic mass is 16.3. The first kappa shape index (κ1) is 19.3. The van der Waals surface area contributed by atoms with Gasteiger partial charge < -0.3 is 10.4 Å². The van der Waals surface area contributed by atoms with Crippen LogP contribution in [0.5, 0.6) is 0 Å². The van der Waals surface area contributed by atoms with Gasteiger partial charge in [0, 0.05) is 13.0 Å². The Balaban J connectivity index is 1.29. The summed E-state index contributed by atoms with van der Waals surface area (Å²) >= 11 is 0. The number of hydrogen-bond donors (Lipinski definition) is 2. The number of carbonyl (C=O) groups is 3. The number of rotatable bonds is 8. The normalized spacial score (nSPS) is 17.8. The SMILES string of the molecule is O=C(CCCN1C(=O)c2ccccc2C1=O)NCC(O)(c1ccccc1)C1CC1. The van der Waals surface area contributed by atoms with Crippen molar-refractivity contribution in [3.8, 4) is 0 Å². The van der Waals surface area contributed by atoms with E-state index in [-0.39, 0.29) is 43.1 Å². The smallest absolute Gasteiger partial charge is 0.261 e. The molecule has 4 rings (SSSR count). The Morgan fingerprint density at radius 1 is 1.00 bits per heavy atom. The molecule has 1 atom stereocenters. The molecule has 1 aliphatic carbocycles. The summed E-state index contributed by atoms with van der Waals surface area (Å²) in [5.41, 5.74) is 0.590. The van der Waals surface area contributed by atoms with Crippen LogP contribution in [0.15, 0.2) is 54.6 Å². The van der Waals surface area contributed by atoms with Crippen molar-refractivity contribution in [3.63, 3.8) is 0 Å². The zero-order valence-electron chi connectivity index (χ0n) is 16.1. The fourth-order valence-corrected chi connectivity index (χ4v) is 3.93. The maximum atomic E-state index is 12.4. The third-order valence-electron chi connectivity index (χ3n) is 5.75. The quantitative estimate of drug-likeness (QED) is 0.676. The van der Waals surface area contributed by atoms with Gasteiger partial charge in [-0.1, -0.05) is 42.5 Å². The van der Waals surface area contributed by atoms with E-state index in [9.17, 15) is 19.5 Å². The first-order chi connectivity index (χ1) is 14.0. The third-order valence-corrected chi connectivity index (χ3v) is 5.75. The van der Waals surface area contributed by atoms with Crippen LogP contribution in [0.25, 0.3) is 0 Å². The number of fused-ring (bicyclic) bond motifs is 1. The average Bonchev–Trinajstić information content (AvgIpc) is 3.58. The van der Waals surface area contributed by atoms with Crippen molar-refractivity contribution >= 4 is 17.7 Å². The Bertz CT molecular complexity index is 904. The summed E-state index contributed by atoms with van der Waals surface area (Å²) in [4.78, 5) is 38.2. The monoisotopic (exact) mass is 392 g/mol. The molecule has 1 fully saturated rings. The van der Waals surface area contributed by atoms with Crippen molar-refractivity contribution in [3.05, 3.63) is 71.3 Å². The number of aliphatic hydroxyl groups is 1. The fraction of sp³-hybridized carbons (Fsp3) is 0.348. The van der Waals surface area contributed by atoms with Gasteiger partial charge in [0.15, 0.2) is 0 Å². The minimum absolute atomic E-state index is 0.156. The van der Waals surface area contributed by atoms with Crippen molar-refractivity contribution in [1.82, 2.24) is 10.2 Å². The topological polar surface area (TPSA) is 86.7 Å². The lowest BCUT2D eigenvalue weighted by atomic mass is 9.88. The van der Waals surface area contributed by atoms with Crippen LogP contribution in [0.3, 0.4) is 0 Å². The Hall–Kier alpha value is -2.99. The number of nitrogens with zero attached hydrogens (tertiary/aromatic N) is 1. The highest BCUT2D eigenvalue weighted by Gasteiger charge is 2.45. The molecule has 0 radical (unpaired) electrons. The molecule has 150 valence electrons. The summed E-state index contributed by atoms with van der Waals surface area (Å²) < 4.78 is 0. The maximum absolute atomic E-state index is 12.4. The van der Waals surface area contributed by atoms with Gasteiger partial charge in [0.05, 0.1) is 17.7 Å². The van der Waals surface area contributed by atoms with E-state index in [1.807, 2.05) is 30.3 Å². The van der Waals surface area contributed by atoms with E-state index in [1.165, 1.54) is 4.90 Å². The van der Waals surface area contributed by atoms with Gasteiger partial charge in [-0.15, -0.1) is 0 Å². The molecule has 6 heteroatoms. The molecule has 2 aliphatic rings. The summed E-state index contributed by atoms with van der Waals surface area (Å²) in [5, 5.41) is 14.0. The largest absolute Gasteiger partial charge is 0.383 e. The Morgan fingerprint density at radius 3 is 2.17 bits per heavy atom. The average molecular weight is 392 g/mol. The predicted molar refractivity (Wildman–Crippen MR) is 107 cm³/mol. The van der Waals surface area contributed by atoms with Crippen LogP contribution in [0.2, 0.25) is 0 Å². The van der Waals surface area contributed by atoms with Gasteiger partial charge >= 0.3 is 0 Å². The molecule has 2 aromatic rings. The first-order valence-electron chi connectivity index (χ1n) is 10.0. The van der Waals surface area contributed by atoms with E-state index in [0.717, 1.165) is 18.4 Å². The molecule has 1 aliphatic heterocycles. The third kappa shape index (κ3) is 3.80. The standard InChI is InChI=1S/C23H24N2O4/c26-20(24-15-23(29,17-12-13-17)16-7-2-1-3-8-16)11-6-14-25-21(27)18-9-4-5-10-19(18)22(25)28/h1-5,7-10,17,29H,6,11-15H2,(H,24,26). The maximum Gasteiger partial charge on any atom is 0.261 e. The van der Waals surface area contributed by atoms with E-state index < -0.39 is 5.60 Å². The van der Waals surface area contributed by atoms with Crippen molar-refractivity contribution < 1.29 is 19.5 Å². The van der Waals surface area contributed by atoms with Crippen molar-refractivity contribution in [2.24, 2.45) is 5.92 Å². The van der Waals surface area contributed by atoms with Crippen LogP contribution in [-0.4, -0.2) is 40.8 Å². The molecule has 0 aromatic heterocycles.